The van der Waals surface area contributed by atoms with E-state index in [9.17, 15) is 0 Å². The Labute approximate surface area is 156 Å². The van der Waals surface area contributed by atoms with Crippen molar-refractivity contribution in [2.75, 3.05) is 7.11 Å². The Morgan fingerprint density at radius 1 is 0.962 bits per heavy atom. The molecule has 0 saturated heterocycles. The molecule has 0 aliphatic heterocycles. The zero-order chi connectivity index (χ0) is 19.1. The second-order valence-electron chi connectivity index (χ2n) is 8.68. The Morgan fingerprint density at radius 3 is 2.15 bits per heavy atom. The molecule has 2 aromatic carbocycles. The summed E-state index contributed by atoms with van der Waals surface area (Å²) in [6.07, 6.45) is 3.84. The quantitative estimate of drug-likeness (QED) is 0.429. The Bertz CT molecular complexity index is 863. The van der Waals surface area contributed by atoms with Crippen molar-refractivity contribution in [1.82, 2.24) is 0 Å². The molecule has 0 heterocycles. The molecule has 0 aromatic heterocycles. The van der Waals surface area contributed by atoms with E-state index in [0.717, 1.165) is 16.9 Å². The Kier molecular flexibility index (Phi) is 4.60. The van der Waals surface area contributed by atoms with Crippen molar-refractivity contribution < 1.29 is 9.94 Å². The molecule has 3 rings (SSSR count). The normalized spacial score (nSPS) is 17.9. The lowest BCUT2D eigenvalue weighted by Crippen LogP contribution is -2.34. The minimum atomic E-state index is 0.157. The molecule has 0 atom stereocenters. The smallest absolute Gasteiger partial charge is 0.126 e. The highest BCUT2D eigenvalue weighted by Crippen LogP contribution is 2.48. The number of nitrogens with zero attached hydrogens (tertiary/aromatic N) is 1. The molecule has 3 heteroatoms. The van der Waals surface area contributed by atoms with Gasteiger partial charge >= 0.3 is 0 Å². The van der Waals surface area contributed by atoms with Gasteiger partial charge in [0.1, 0.15) is 5.75 Å². The number of ether oxygens (including phenoxy) is 1. The minimum Gasteiger partial charge on any atom is -0.496 e. The highest BCUT2D eigenvalue weighted by Gasteiger charge is 2.37. The van der Waals surface area contributed by atoms with Crippen LogP contribution < -0.4 is 4.74 Å². The number of hydrogen-bond donors (Lipinski definition) is 1. The van der Waals surface area contributed by atoms with Gasteiger partial charge in [0.15, 0.2) is 0 Å². The molecular formula is C23H29NO2. The maximum Gasteiger partial charge on any atom is 0.126 e. The van der Waals surface area contributed by atoms with Gasteiger partial charge in [-0.25, -0.2) is 0 Å². The van der Waals surface area contributed by atoms with E-state index in [1.165, 1.54) is 41.3 Å². The number of hydrogen-bond acceptors (Lipinski definition) is 3. The average molecular weight is 351 g/mol. The van der Waals surface area contributed by atoms with Gasteiger partial charge in [-0.05, 0) is 82.7 Å². The third-order valence-electron chi connectivity index (χ3n) is 5.92. The van der Waals surface area contributed by atoms with Gasteiger partial charge in [-0.15, -0.1) is 0 Å². The number of benzene rings is 2. The molecule has 1 aliphatic rings. The van der Waals surface area contributed by atoms with Crippen LogP contribution in [0.5, 0.6) is 5.75 Å². The second kappa shape index (κ2) is 6.46. The van der Waals surface area contributed by atoms with Crippen LogP contribution in [-0.4, -0.2) is 18.5 Å². The monoisotopic (exact) mass is 351 g/mol. The fourth-order valence-electron chi connectivity index (χ4n) is 4.10. The van der Waals surface area contributed by atoms with Crippen LogP contribution in [0.1, 0.15) is 62.8 Å². The van der Waals surface area contributed by atoms with E-state index < -0.39 is 0 Å². The summed E-state index contributed by atoms with van der Waals surface area (Å²) in [6.45, 7) is 11.5. The predicted molar refractivity (Wildman–Crippen MR) is 108 cm³/mol. The van der Waals surface area contributed by atoms with Crippen molar-refractivity contribution in [1.29, 1.82) is 0 Å². The summed E-state index contributed by atoms with van der Waals surface area (Å²) >= 11 is 0. The zero-order valence-corrected chi connectivity index (χ0v) is 16.7. The number of rotatable bonds is 3. The Hall–Kier alpha value is -2.29. The van der Waals surface area contributed by atoms with Crippen molar-refractivity contribution in [2.24, 2.45) is 5.16 Å². The topological polar surface area (TPSA) is 41.8 Å². The molecule has 0 saturated carbocycles. The molecule has 0 radical (unpaired) electrons. The van der Waals surface area contributed by atoms with Gasteiger partial charge in [-0.3, -0.25) is 0 Å². The predicted octanol–water partition coefficient (Wildman–Crippen LogP) is 5.83. The van der Waals surface area contributed by atoms with E-state index in [0.29, 0.717) is 0 Å². The summed E-state index contributed by atoms with van der Waals surface area (Å²) in [5.74, 6) is 0.830. The Morgan fingerprint density at radius 2 is 1.58 bits per heavy atom. The van der Waals surface area contributed by atoms with E-state index in [-0.39, 0.29) is 10.8 Å². The number of aryl methyl sites for hydroxylation is 1. The molecule has 0 amide bonds. The average Bonchev–Trinajstić information content (AvgIpc) is 2.59. The first-order valence-electron chi connectivity index (χ1n) is 9.21. The standard InChI is InChI=1S/C23H29NO2/c1-15-11-19-20(23(4,5)10-9-22(19,2)3)13-17(15)18-12-16(14-24-25)7-8-21(18)26-6/h7-8,11-14,25H,9-10H2,1-6H3. The maximum atomic E-state index is 8.88. The van der Waals surface area contributed by atoms with Crippen molar-refractivity contribution in [3.05, 3.63) is 52.6 Å². The number of methoxy groups -OCH3 is 1. The lowest BCUT2D eigenvalue weighted by atomic mass is 9.62. The molecule has 3 nitrogen and oxygen atoms in total. The molecule has 138 valence electrons. The molecule has 26 heavy (non-hydrogen) atoms. The van der Waals surface area contributed by atoms with Gasteiger partial charge in [-0.1, -0.05) is 38.9 Å². The summed E-state index contributed by atoms with van der Waals surface area (Å²) in [5.41, 5.74) is 7.54. The fraction of sp³-hybridized carbons (Fsp3) is 0.435. The SMILES string of the molecule is COc1ccc(C=NO)cc1-c1cc2c(cc1C)C(C)(C)CCC2(C)C. The van der Waals surface area contributed by atoms with Crippen LogP contribution >= 0.6 is 0 Å². The minimum absolute atomic E-state index is 0.157. The molecule has 0 unspecified atom stereocenters. The fourth-order valence-corrected chi connectivity index (χ4v) is 4.10. The first-order chi connectivity index (χ1) is 12.2. The highest BCUT2D eigenvalue weighted by molar-refractivity contribution is 5.85. The van der Waals surface area contributed by atoms with Crippen LogP contribution in [-0.2, 0) is 10.8 Å². The Balaban J connectivity index is 2.27. The van der Waals surface area contributed by atoms with E-state index in [4.69, 9.17) is 9.94 Å². The molecule has 1 aliphatic carbocycles. The van der Waals surface area contributed by atoms with Gasteiger partial charge in [0.2, 0.25) is 0 Å². The van der Waals surface area contributed by atoms with Gasteiger partial charge in [0.05, 0.1) is 13.3 Å². The lowest BCUT2D eigenvalue weighted by molar-refractivity contribution is 0.322. The van der Waals surface area contributed by atoms with Crippen molar-refractivity contribution >= 4 is 6.21 Å². The third-order valence-corrected chi connectivity index (χ3v) is 5.92. The van der Waals surface area contributed by atoms with E-state index in [2.05, 4.69) is 51.9 Å². The van der Waals surface area contributed by atoms with E-state index in [1.807, 2.05) is 18.2 Å². The summed E-state index contributed by atoms with van der Waals surface area (Å²) < 4.78 is 5.62. The van der Waals surface area contributed by atoms with E-state index in [1.54, 1.807) is 7.11 Å². The van der Waals surface area contributed by atoms with Gasteiger partial charge in [0.25, 0.3) is 0 Å². The van der Waals surface area contributed by atoms with Gasteiger partial charge in [0, 0.05) is 5.56 Å². The van der Waals surface area contributed by atoms with Crippen LogP contribution in [0.3, 0.4) is 0 Å². The molecule has 0 spiro atoms. The summed E-state index contributed by atoms with van der Waals surface area (Å²) in [7, 11) is 1.69. The second-order valence-corrected chi connectivity index (χ2v) is 8.68. The number of fused-ring (bicyclic) bond motifs is 1. The molecular weight excluding hydrogens is 322 g/mol. The molecule has 1 N–H and O–H groups in total. The highest BCUT2D eigenvalue weighted by atomic mass is 16.5. The van der Waals surface area contributed by atoms with Crippen LogP contribution in [0.4, 0.5) is 0 Å². The van der Waals surface area contributed by atoms with Crippen molar-refractivity contribution in [3.8, 4) is 16.9 Å². The first kappa shape index (κ1) is 18.5. The van der Waals surface area contributed by atoms with Crippen LogP contribution in [0, 0.1) is 6.92 Å². The third kappa shape index (κ3) is 3.11. The van der Waals surface area contributed by atoms with Crippen molar-refractivity contribution in [2.45, 2.75) is 58.3 Å². The van der Waals surface area contributed by atoms with Gasteiger partial charge in [-0.2, -0.15) is 0 Å². The maximum absolute atomic E-state index is 8.88. The van der Waals surface area contributed by atoms with E-state index >= 15 is 0 Å². The molecule has 0 fully saturated rings. The zero-order valence-electron chi connectivity index (χ0n) is 16.7. The van der Waals surface area contributed by atoms with Crippen LogP contribution in [0.25, 0.3) is 11.1 Å². The van der Waals surface area contributed by atoms with Crippen LogP contribution in [0.15, 0.2) is 35.5 Å². The summed E-state index contributed by atoms with van der Waals surface area (Å²) in [5, 5.41) is 12.0. The largest absolute Gasteiger partial charge is 0.496 e. The molecule has 2 aromatic rings. The van der Waals surface area contributed by atoms with Crippen LogP contribution in [0.2, 0.25) is 0 Å². The summed E-state index contributed by atoms with van der Waals surface area (Å²) in [6, 6.07) is 10.6. The van der Waals surface area contributed by atoms with Crippen molar-refractivity contribution in [3.63, 3.8) is 0 Å². The number of oxime groups is 1. The van der Waals surface area contributed by atoms with Gasteiger partial charge < -0.3 is 9.94 Å². The summed E-state index contributed by atoms with van der Waals surface area (Å²) in [4.78, 5) is 0. The first-order valence-corrected chi connectivity index (χ1v) is 9.21. The lowest BCUT2D eigenvalue weighted by Gasteiger charge is -2.42. The molecule has 0 bridgehead atoms.